The summed E-state index contributed by atoms with van der Waals surface area (Å²) in [6, 6.07) is 15.3. The molecule has 1 aromatic heterocycles. The van der Waals surface area contributed by atoms with Gasteiger partial charge in [0.2, 0.25) is 5.90 Å². The van der Waals surface area contributed by atoms with Crippen LogP contribution in [0.5, 0.6) is 11.5 Å². The SMILES string of the molecule is CCOc1cc(/C=C2\N=C(c3cccs3)OC2=O)cc(Br)c1OCc1ccccc1Br. The number of rotatable bonds is 7. The second kappa shape index (κ2) is 9.80. The summed E-state index contributed by atoms with van der Waals surface area (Å²) in [6.45, 7) is 2.75. The number of thiophene rings is 1. The van der Waals surface area contributed by atoms with Crippen LogP contribution in [0.1, 0.15) is 22.9 Å². The Labute approximate surface area is 200 Å². The maximum atomic E-state index is 12.3. The molecule has 31 heavy (non-hydrogen) atoms. The molecule has 4 rings (SSSR count). The van der Waals surface area contributed by atoms with E-state index in [9.17, 15) is 4.79 Å². The zero-order valence-corrected chi connectivity index (χ0v) is 20.4. The Bertz CT molecular complexity index is 1170. The molecule has 1 aliphatic heterocycles. The van der Waals surface area contributed by atoms with Crippen molar-refractivity contribution in [3.05, 3.63) is 84.6 Å². The zero-order chi connectivity index (χ0) is 21.8. The average Bonchev–Trinajstić information content (AvgIpc) is 3.39. The molecule has 2 aromatic carbocycles. The number of carbonyl (C=O) groups is 1. The van der Waals surface area contributed by atoms with E-state index >= 15 is 0 Å². The smallest absolute Gasteiger partial charge is 0.363 e. The van der Waals surface area contributed by atoms with E-state index in [1.807, 2.05) is 60.8 Å². The zero-order valence-electron chi connectivity index (χ0n) is 16.4. The standard InChI is InChI=1S/C23H17Br2NO4S/c1-2-28-19-12-14(11-18-23(27)30-22(26-18)20-8-5-9-31-20)10-17(25)21(19)29-13-15-6-3-4-7-16(15)24/h3-12H,2,13H2,1H3/b18-11-. The van der Waals surface area contributed by atoms with E-state index in [4.69, 9.17) is 14.2 Å². The minimum absolute atomic E-state index is 0.236. The number of hydrogen-bond acceptors (Lipinski definition) is 6. The molecule has 5 nitrogen and oxygen atoms in total. The highest BCUT2D eigenvalue weighted by Crippen LogP contribution is 2.38. The van der Waals surface area contributed by atoms with Crippen molar-refractivity contribution >= 4 is 61.1 Å². The number of carbonyl (C=O) groups excluding carboxylic acids is 1. The molecule has 158 valence electrons. The van der Waals surface area contributed by atoms with Crippen molar-refractivity contribution in [3.8, 4) is 11.5 Å². The summed E-state index contributed by atoms with van der Waals surface area (Å²) in [5, 5.41) is 1.91. The van der Waals surface area contributed by atoms with Crippen LogP contribution in [-0.2, 0) is 16.1 Å². The van der Waals surface area contributed by atoms with Gasteiger partial charge in [-0.05, 0) is 64.1 Å². The Morgan fingerprint density at radius 2 is 1.94 bits per heavy atom. The molecule has 2 heterocycles. The van der Waals surface area contributed by atoms with Crippen LogP contribution in [0.3, 0.4) is 0 Å². The maximum Gasteiger partial charge on any atom is 0.363 e. The number of benzene rings is 2. The van der Waals surface area contributed by atoms with E-state index in [0.717, 1.165) is 20.5 Å². The Morgan fingerprint density at radius 3 is 2.68 bits per heavy atom. The second-order valence-electron chi connectivity index (χ2n) is 6.46. The van der Waals surface area contributed by atoms with Gasteiger partial charge < -0.3 is 14.2 Å². The van der Waals surface area contributed by atoms with Gasteiger partial charge in [-0.25, -0.2) is 9.79 Å². The van der Waals surface area contributed by atoms with Crippen molar-refractivity contribution < 1.29 is 19.0 Å². The molecular weight excluding hydrogens is 546 g/mol. The Balaban J connectivity index is 1.62. The minimum Gasteiger partial charge on any atom is -0.490 e. The number of hydrogen-bond donors (Lipinski definition) is 0. The first-order valence-electron chi connectivity index (χ1n) is 9.44. The topological polar surface area (TPSA) is 57.1 Å². The summed E-state index contributed by atoms with van der Waals surface area (Å²) in [5.41, 5.74) is 2.00. The number of halogens is 2. The molecule has 0 saturated heterocycles. The van der Waals surface area contributed by atoms with Crippen LogP contribution in [0.4, 0.5) is 0 Å². The molecule has 0 atom stereocenters. The molecule has 0 saturated carbocycles. The highest BCUT2D eigenvalue weighted by atomic mass is 79.9. The predicted molar refractivity (Wildman–Crippen MR) is 129 cm³/mol. The Hall–Kier alpha value is -2.42. The number of nitrogens with zero attached hydrogens (tertiary/aromatic N) is 1. The van der Waals surface area contributed by atoms with Crippen LogP contribution >= 0.6 is 43.2 Å². The van der Waals surface area contributed by atoms with Crippen LogP contribution < -0.4 is 9.47 Å². The summed E-state index contributed by atoms with van der Waals surface area (Å²) >= 11 is 8.57. The Morgan fingerprint density at radius 1 is 1.10 bits per heavy atom. The Kier molecular flexibility index (Phi) is 6.89. The fourth-order valence-electron chi connectivity index (χ4n) is 2.91. The van der Waals surface area contributed by atoms with Crippen LogP contribution in [0.15, 0.2) is 73.5 Å². The third kappa shape index (κ3) is 5.08. The van der Waals surface area contributed by atoms with Gasteiger partial charge in [-0.3, -0.25) is 0 Å². The van der Waals surface area contributed by atoms with Crippen LogP contribution in [-0.4, -0.2) is 18.5 Å². The van der Waals surface area contributed by atoms with E-state index in [-0.39, 0.29) is 5.70 Å². The fourth-order valence-corrected chi connectivity index (χ4v) is 4.53. The van der Waals surface area contributed by atoms with Crippen LogP contribution in [0.2, 0.25) is 0 Å². The van der Waals surface area contributed by atoms with Crippen molar-refractivity contribution in [3.63, 3.8) is 0 Å². The predicted octanol–water partition coefficient (Wildman–Crippen LogP) is 6.60. The largest absolute Gasteiger partial charge is 0.490 e. The molecule has 8 heteroatoms. The van der Waals surface area contributed by atoms with E-state index in [2.05, 4.69) is 36.9 Å². The summed E-state index contributed by atoms with van der Waals surface area (Å²) in [5.74, 6) is 1.01. The van der Waals surface area contributed by atoms with Gasteiger partial charge >= 0.3 is 5.97 Å². The first kappa shape index (κ1) is 21.8. The fraction of sp³-hybridized carbons (Fsp3) is 0.130. The molecule has 0 amide bonds. The first-order chi connectivity index (χ1) is 15.0. The molecule has 0 radical (unpaired) electrons. The van der Waals surface area contributed by atoms with Gasteiger partial charge in [0.25, 0.3) is 0 Å². The molecule has 0 aliphatic carbocycles. The molecule has 0 fully saturated rings. The van der Waals surface area contributed by atoms with Gasteiger partial charge in [-0.1, -0.05) is 40.2 Å². The first-order valence-corrected chi connectivity index (χ1v) is 11.9. The van der Waals surface area contributed by atoms with E-state index < -0.39 is 5.97 Å². The van der Waals surface area contributed by atoms with E-state index in [0.29, 0.717) is 35.1 Å². The van der Waals surface area contributed by atoms with Gasteiger partial charge in [-0.2, -0.15) is 0 Å². The third-order valence-electron chi connectivity index (χ3n) is 4.32. The monoisotopic (exact) mass is 561 g/mol. The summed E-state index contributed by atoms with van der Waals surface area (Å²) < 4.78 is 18.9. The van der Waals surface area contributed by atoms with Gasteiger partial charge in [-0.15, -0.1) is 11.3 Å². The number of esters is 1. The average molecular weight is 563 g/mol. The normalized spacial score (nSPS) is 14.5. The second-order valence-corrected chi connectivity index (χ2v) is 9.11. The number of cyclic esters (lactones) is 1. The highest BCUT2D eigenvalue weighted by Gasteiger charge is 2.25. The van der Waals surface area contributed by atoms with Crippen molar-refractivity contribution in [1.82, 2.24) is 0 Å². The molecule has 1 aliphatic rings. The molecule has 0 N–H and O–H groups in total. The van der Waals surface area contributed by atoms with Gasteiger partial charge in [0.05, 0.1) is 16.0 Å². The highest BCUT2D eigenvalue weighted by molar-refractivity contribution is 9.10. The summed E-state index contributed by atoms with van der Waals surface area (Å²) in [4.78, 5) is 17.4. The van der Waals surface area contributed by atoms with Gasteiger partial charge in [0.15, 0.2) is 17.2 Å². The molecule has 0 bridgehead atoms. The van der Waals surface area contributed by atoms with Gasteiger partial charge in [0.1, 0.15) is 6.61 Å². The lowest BCUT2D eigenvalue weighted by molar-refractivity contribution is -0.129. The molecular formula is C23H17Br2NO4S. The van der Waals surface area contributed by atoms with Crippen LogP contribution in [0, 0.1) is 0 Å². The van der Waals surface area contributed by atoms with Crippen LogP contribution in [0.25, 0.3) is 6.08 Å². The lowest BCUT2D eigenvalue weighted by Crippen LogP contribution is -2.03. The lowest BCUT2D eigenvalue weighted by Gasteiger charge is -2.15. The summed E-state index contributed by atoms with van der Waals surface area (Å²) in [7, 11) is 0. The molecule has 3 aromatic rings. The molecule has 0 unspecified atom stereocenters. The molecule has 0 spiro atoms. The third-order valence-corrected chi connectivity index (χ3v) is 6.54. The van der Waals surface area contributed by atoms with E-state index in [1.165, 1.54) is 11.3 Å². The van der Waals surface area contributed by atoms with Crippen molar-refractivity contribution in [2.24, 2.45) is 4.99 Å². The van der Waals surface area contributed by atoms with Crippen molar-refractivity contribution in [2.75, 3.05) is 6.61 Å². The van der Waals surface area contributed by atoms with Gasteiger partial charge in [0, 0.05) is 10.0 Å². The minimum atomic E-state index is -0.480. The summed E-state index contributed by atoms with van der Waals surface area (Å²) in [6.07, 6.45) is 1.67. The maximum absolute atomic E-state index is 12.3. The quantitative estimate of drug-likeness (QED) is 0.240. The lowest BCUT2D eigenvalue weighted by atomic mass is 10.1. The van der Waals surface area contributed by atoms with Crippen molar-refractivity contribution in [2.45, 2.75) is 13.5 Å². The van der Waals surface area contributed by atoms with Crippen molar-refractivity contribution in [1.29, 1.82) is 0 Å². The number of ether oxygens (including phenoxy) is 3. The van der Waals surface area contributed by atoms with E-state index in [1.54, 1.807) is 6.08 Å². The number of aliphatic imine (C=N–C) groups is 1.